The van der Waals surface area contributed by atoms with Crippen LogP contribution in [0, 0.1) is 12.7 Å². The minimum atomic E-state index is -1.04. The highest BCUT2D eigenvalue weighted by Gasteiger charge is 2.21. The lowest BCUT2D eigenvalue weighted by Gasteiger charge is -2.17. The van der Waals surface area contributed by atoms with Gasteiger partial charge in [-0.1, -0.05) is 6.07 Å². The van der Waals surface area contributed by atoms with E-state index in [4.69, 9.17) is 0 Å². The van der Waals surface area contributed by atoms with Gasteiger partial charge in [-0.15, -0.1) is 0 Å². The number of hydrogen-bond donors (Lipinski definition) is 2. The van der Waals surface area contributed by atoms with Gasteiger partial charge in [0.15, 0.2) is 6.04 Å². The monoisotopic (exact) mass is 260 g/mol. The Kier molecular flexibility index (Phi) is 3.75. The molecule has 1 atom stereocenters. The average molecular weight is 260 g/mol. The summed E-state index contributed by atoms with van der Waals surface area (Å²) in [5, 5.41) is 12.1. The molecule has 2 rings (SSSR count). The van der Waals surface area contributed by atoms with Crippen molar-refractivity contribution < 1.29 is 14.3 Å². The lowest BCUT2D eigenvalue weighted by atomic mass is 10.0. The van der Waals surface area contributed by atoms with Crippen molar-refractivity contribution in [3.05, 3.63) is 59.7 Å². The summed E-state index contributed by atoms with van der Waals surface area (Å²) in [6.07, 6.45) is 3.10. The lowest BCUT2D eigenvalue weighted by molar-refractivity contribution is -0.138. The van der Waals surface area contributed by atoms with E-state index in [0.29, 0.717) is 11.3 Å². The van der Waals surface area contributed by atoms with E-state index < -0.39 is 17.8 Å². The summed E-state index contributed by atoms with van der Waals surface area (Å²) in [6.45, 7) is 1.81. The highest BCUT2D eigenvalue weighted by atomic mass is 19.1. The molecule has 0 spiro atoms. The van der Waals surface area contributed by atoms with E-state index in [1.165, 1.54) is 24.4 Å². The summed E-state index contributed by atoms with van der Waals surface area (Å²) in [7, 11) is 0. The van der Waals surface area contributed by atoms with Crippen LogP contribution in [-0.4, -0.2) is 16.1 Å². The molecule has 1 heterocycles. The van der Waals surface area contributed by atoms with Crippen molar-refractivity contribution in [1.82, 2.24) is 4.98 Å². The Balaban J connectivity index is 2.32. The molecule has 0 aliphatic carbocycles. The number of halogens is 1. The van der Waals surface area contributed by atoms with Gasteiger partial charge in [-0.05, 0) is 36.8 Å². The molecular formula is C14H13FN2O2. The number of nitrogens with zero attached hydrogens (tertiary/aromatic N) is 1. The van der Waals surface area contributed by atoms with Crippen LogP contribution in [0.2, 0.25) is 0 Å². The van der Waals surface area contributed by atoms with Crippen molar-refractivity contribution >= 4 is 11.7 Å². The smallest absolute Gasteiger partial charge is 0.330 e. The number of pyridine rings is 1. The summed E-state index contributed by atoms with van der Waals surface area (Å²) in [5.74, 6) is -1.46. The van der Waals surface area contributed by atoms with Gasteiger partial charge in [0.2, 0.25) is 0 Å². The van der Waals surface area contributed by atoms with Crippen LogP contribution < -0.4 is 5.32 Å². The molecule has 1 aromatic carbocycles. The molecule has 2 aromatic rings. The topological polar surface area (TPSA) is 62.2 Å². The quantitative estimate of drug-likeness (QED) is 0.887. The first-order chi connectivity index (χ1) is 9.08. The molecule has 98 valence electrons. The van der Waals surface area contributed by atoms with Gasteiger partial charge in [-0.3, -0.25) is 4.98 Å². The van der Waals surface area contributed by atoms with Crippen molar-refractivity contribution in [3.8, 4) is 0 Å². The van der Waals surface area contributed by atoms with Gasteiger partial charge < -0.3 is 10.4 Å². The van der Waals surface area contributed by atoms with Crippen molar-refractivity contribution in [2.45, 2.75) is 13.0 Å². The molecule has 0 fully saturated rings. The van der Waals surface area contributed by atoms with Crippen LogP contribution >= 0.6 is 0 Å². The second-order valence-corrected chi connectivity index (χ2v) is 4.16. The third-order valence-corrected chi connectivity index (χ3v) is 2.77. The van der Waals surface area contributed by atoms with Gasteiger partial charge in [-0.25, -0.2) is 9.18 Å². The highest BCUT2D eigenvalue weighted by molar-refractivity contribution is 5.79. The fraction of sp³-hybridized carbons (Fsp3) is 0.143. The minimum absolute atomic E-state index is 0.413. The van der Waals surface area contributed by atoms with Gasteiger partial charge in [0.05, 0.1) is 0 Å². The summed E-state index contributed by atoms with van der Waals surface area (Å²) in [5.41, 5.74) is 1.78. The molecule has 1 unspecified atom stereocenters. The van der Waals surface area contributed by atoms with Gasteiger partial charge in [0.25, 0.3) is 0 Å². The zero-order chi connectivity index (χ0) is 13.8. The van der Waals surface area contributed by atoms with Crippen molar-refractivity contribution in [1.29, 1.82) is 0 Å². The molecule has 0 aliphatic rings. The molecule has 0 amide bonds. The Labute approximate surface area is 109 Å². The predicted molar refractivity (Wildman–Crippen MR) is 69.4 cm³/mol. The minimum Gasteiger partial charge on any atom is -0.479 e. The van der Waals surface area contributed by atoms with E-state index in [2.05, 4.69) is 10.3 Å². The van der Waals surface area contributed by atoms with Crippen LogP contribution in [0.4, 0.5) is 10.1 Å². The maximum absolute atomic E-state index is 13.1. The second kappa shape index (κ2) is 5.48. The van der Waals surface area contributed by atoms with E-state index in [-0.39, 0.29) is 0 Å². The van der Waals surface area contributed by atoms with Crippen molar-refractivity contribution in [2.24, 2.45) is 0 Å². The van der Waals surface area contributed by atoms with E-state index in [1.807, 2.05) is 0 Å². The number of nitrogens with one attached hydrogen (secondary N) is 1. The molecule has 0 bridgehead atoms. The third kappa shape index (κ3) is 3.07. The number of carboxylic acid groups (broad SMARTS) is 1. The third-order valence-electron chi connectivity index (χ3n) is 2.77. The van der Waals surface area contributed by atoms with E-state index in [9.17, 15) is 14.3 Å². The molecule has 0 aliphatic heterocycles. The number of anilines is 1. The predicted octanol–water partition coefficient (Wildman–Crippen LogP) is 2.77. The zero-order valence-corrected chi connectivity index (χ0v) is 10.3. The van der Waals surface area contributed by atoms with E-state index in [0.717, 1.165) is 5.56 Å². The van der Waals surface area contributed by atoms with E-state index >= 15 is 0 Å². The highest BCUT2D eigenvalue weighted by Crippen LogP contribution is 2.22. The Hall–Kier alpha value is -2.43. The van der Waals surface area contributed by atoms with Crippen LogP contribution in [0.25, 0.3) is 0 Å². The summed E-state index contributed by atoms with van der Waals surface area (Å²) >= 11 is 0. The Morgan fingerprint density at radius 1 is 1.42 bits per heavy atom. The fourth-order valence-corrected chi connectivity index (χ4v) is 1.80. The molecular weight excluding hydrogens is 247 g/mol. The Bertz CT molecular complexity index is 602. The van der Waals surface area contributed by atoms with Crippen molar-refractivity contribution in [3.63, 3.8) is 0 Å². The largest absolute Gasteiger partial charge is 0.479 e. The normalized spacial score (nSPS) is 11.9. The van der Waals surface area contributed by atoms with Gasteiger partial charge >= 0.3 is 5.97 Å². The molecule has 5 heteroatoms. The van der Waals surface area contributed by atoms with Gasteiger partial charge in [0.1, 0.15) is 5.82 Å². The molecule has 4 nitrogen and oxygen atoms in total. The Morgan fingerprint density at radius 2 is 2.21 bits per heavy atom. The zero-order valence-electron chi connectivity index (χ0n) is 10.3. The standard InChI is InChI=1S/C14H13FN2O2/c1-9-5-6-16-8-12(9)13(14(18)19)17-11-4-2-3-10(15)7-11/h2-8,13,17H,1H3,(H,18,19). The van der Waals surface area contributed by atoms with Crippen LogP contribution in [0.15, 0.2) is 42.7 Å². The van der Waals surface area contributed by atoms with Gasteiger partial charge in [-0.2, -0.15) is 0 Å². The fourth-order valence-electron chi connectivity index (χ4n) is 1.80. The van der Waals surface area contributed by atoms with Crippen LogP contribution in [-0.2, 0) is 4.79 Å². The number of hydrogen-bond acceptors (Lipinski definition) is 3. The first kappa shape index (κ1) is 13.0. The molecule has 19 heavy (non-hydrogen) atoms. The first-order valence-electron chi connectivity index (χ1n) is 5.73. The molecule has 0 radical (unpaired) electrons. The SMILES string of the molecule is Cc1ccncc1C(Nc1cccc(F)c1)C(=O)O. The summed E-state index contributed by atoms with van der Waals surface area (Å²) in [6, 6.07) is 6.46. The van der Waals surface area contributed by atoms with Crippen molar-refractivity contribution in [2.75, 3.05) is 5.32 Å². The second-order valence-electron chi connectivity index (χ2n) is 4.16. The number of aliphatic carboxylic acids is 1. The lowest BCUT2D eigenvalue weighted by Crippen LogP contribution is -2.21. The number of aryl methyl sites for hydroxylation is 1. The summed E-state index contributed by atoms with van der Waals surface area (Å²) < 4.78 is 13.1. The van der Waals surface area contributed by atoms with Crippen LogP contribution in [0.3, 0.4) is 0 Å². The maximum atomic E-state index is 13.1. The summed E-state index contributed by atoms with van der Waals surface area (Å²) in [4.78, 5) is 15.3. The number of rotatable bonds is 4. The first-order valence-corrected chi connectivity index (χ1v) is 5.73. The molecule has 0 saturated carbocycles. The number of carboxylic acids is 1. The number of carbonyl (C=O) groups is 1. The average Bonchev–Trinajstić information content (AvgIpc) is 2.37. The number of benzene rings is 1. The molecule has 2 N–H and O–H groups in total. The maximum Gasteiger partial charge on any atom is 0.330 e. The molecule has 1 aromatic heterocycles. The Morgan fingerprint density at radius 3 is 2.84 bits per heavy atom. The van der Waals surface area contributed by atoms with Crippen LogP contribution in [0.1, 0.15) is 17.2 Å². The van der Waals surface area contributed by atoms with Crippen LogP contribution in [0.5, 0.6) is 0 Å². The number of aromatic nitrogens is 1. The van der Waals surface area contributed by atoms with E-state index in [1.54, 1.807) is 25.3 Å². The molecule has 0 saturated heterocycles. The van der Waals surface area contributed by atoms with Gasteiger partial charge in [0, 0.05) is 23.6 Å².